The summed E-state index contributed by atoms with van der Waals surface area (Å²) < 4.78 is 0. The number of hydrogen-bond acceptors (Lipinski definition) is 3. The predicted molar refractivity (Wildman–Crippen MR) is 72.7 cm³/mol. The van der Waals surface area contributed by atoms with Gasteiger partial charge in [0.15, 0.2) is 0 Å². The number of benzene rings is 1. The number of amides is 2. The summed E-state index contributed by atoms with van der Waals surface area (Å²) in [5.41, 5.74) is 1.57. The van der Waals surface area contributed by atoms with Crippen LogP contribution in [0.3, 0.4) is 0 Å². The van der Waals surface area contributed by atoms with E-state index < -0.39 is 11.8 Å². The van der Waals surface area contributed by atoms with Gasteiger partial charge >= 0.3 is 11.8 Å². The lowest BCUT2D eigenvalue weighted by atomic mass is 10.2. The third kappa shape index (κ3) is 4.08. The number of carbonyl (C=O) groups excluding carboxylic acids is 2. The van der Waals surface area contributed by atoms with Crippen molar-refractivity contribution in [2.24, 2.45) is 0 Å². The summed E-state index contributed by atoms with van der Waals surface area (Å²) in [5, 5.41) is 5.10. The minimum absolute atomic E-state index is 0.504. The Balaban J connectivity index is 2.64. The van der Waals surface area contributed by atoms with Crippen molar-refractivity contribution in [2.45, 2.75) is 13.3 Å². The molecule has 18 heavy (non-hydrogen) atoms. The van der Waals surface area contributed by atoms with E-state index in [-0.39, 0.29) is 0 Å². The zero-order chi connectivity index (χ0) is 13.5. The highest BCUT2D eigenvalue weighted by Gasteiger charge is 2.12. The fourth-order valence-corrected chi connectivity index (χ4v) is 1.37. The van der Waals surface area contributed by atoms with Gasteiger partial charge in [0.1, 0.15) is 0 Å². The molecule has 1 aromatic carbocycles. The number of nitrogens with one attached hydrogen (secondary N) is 2. The van der Waals surface area contributed by atoms with Gasteiger partial charge in [-0.05, 0) is 24.6 Å². The van der Waals surface area contributed by atoms with Crippen molar-refractivity contribution in [2.75, 3.05) is 30.9 Å². The second kappa shape index (κ2) is 6.64. The monoisotopic (exact) mass is 249 g/mol. The van der Waals surface area contributed by atoms with Crippen molar-refractivity contribution in [1.82, 2.24) is 5.32 Å². The van der Waals surface area contributed by atoms with Crippen LogP contribution in [-0.2, 0) is 9.59 Å². The van der Waals surface area contributed by atoms with Gasteiger partial charge in [0.2, 0.25) is 0 Å². The van der Waals surface area contributed by atoms with Gasteiger partial charge in [-0.15, -0.1) is 0 Å². The average molecular weight is 249 g/mol. The SMILES string of the molecule is CCCNC(=O)C(=O)Nc1cccc(N(C)C)c1. The first-order valence-electron chi connectivity index (χ1n) is 5.91. The molecule has 0 bridgehead atoms. The number of hydrogen-bond donors (Lipinski definition) is 2. The minimum atomic E-state index is -0.639. The Morgan fingerprint density at radius 2 is 1.94 bits per heavy atom. The molecule has 5 heteroatoms. The van der Waals surface area contributed by atoms with Crippen LogP contribution in [0, 0.1) is 0 Å². The zero-order valence-corrected chi connectivity index (χ0v) is 11.0. The first-order chi connectivity index (χ1) is 8.54. The minimum Gasteiger partial charge on any atom is -0.378 e. The molecule has 98 valence electrons. The van der Waals surface area contributed by atoms with Crippen LogP contribution in [0.4, 0.5) is 11.4 Å². The first-order valence-corrected chi connectivity index (χ1v) is 5.91. The van der Waals surface area contributed by atoms with Gasteiger partial charge in [-0.1, -0.05) is 13.0 Å². The summed E-state index contributed by atoms with van der Waals surface area (Å²) in [5.74, 6) is -1.24. The summed E-state index contributed by atoms with van der Waals surface area (Å²) in [7, 11) is 3.82. The van der Waals surface area contributed by atoms with E-state index >= 15 is 0 Å². The predicted octanol–water partition coefficient (Wildman–Crippen LogP) is 1.22. The Labute approximate surface area is 107 Å². The van der Waals surface area contributed by atoms with Gasteiger partial charge < -0.3 is 15.5 Å². The third-order valence-corrected chi connectivity index (χ3v) is 2.36. The summed E-state index contributed by atoms with van der Waals surface area (Å²) in [6, 6.07) is 7.31. The Morgan fingerprint density at radius 1 is 1.22 bits per heavy atom. The van der Waals surface area contributed by atoms with E-state index in [1.165, 1.54) is 0 Å². The molecule has 0 aliphatic carbocycles. The molecule has 0 saturated heterocycles. The highest BCUT2D eigenvalue weighted by atomic mass is 16.2. The number of carbonyl (C=O) groups is 2. The van der Waals surface area contributed by atoms with Crippen molar-refractivity contribution in [3.63, 3.8) is 0 Å². The van der Waals surface area contributed by atoms with Gasteiger partial charge in [0.25, 0.3) is 0 Å². The molecule has 1 rings (SSSR count). The Morgan fingerprint density at radius 3 is 2.56 bits per heavy atom. The molecule has 1 aromatic rings. The topological polar surface area (TPSA) is 61.4 Å². The Hall–Kier alpha value is -2.04. The lowest BCUT2D eigenvalue weighted by Gasteiger charge is -2.13. The van der Waals surface area contributed by atoms with E-state index in [0.29, 0.717) is 12.2 Å². The third-order valence-electron chi connectivity index (χ3n) is 2.36. The van der Waals surface area contributed by atoms with Crippen molar-refractivity contribution < 1.29 is 9.59 Å². The van der Waals surface area contributed by atoms with Crippen LogP contribution >= 0.6 is 0 Å². The van der Waals surface area contributed by atoms with Crippen molar-refractivity contribution in [3.8, 4) is 0 Å². The second-order valence-corrected chi connectivity index (χ2v) is 4.15. The van der Waals surface area contributed by atoms with Crippen molar-refractivity contribution in [1.29, 1.82) is 0 Å². The molecule has 2 amide bonds. The maximum Gasteiger partial charge on any atom is 0.313 e. The molecule has 5 nitrogen and oxygen atoms in total. The van der Waals surface area contributed by atoms with Gasteiger partial charge in [-0.3, -0.25) is 9.59 Å². The number of rotatable bonds is 4. The fourth-order valence-electron chi connectivity index (χ4n) is 1.37. The van der Waals surface area contributed by atoms with Crippen LogP contribution in [-0.4, -0.2) is 32.5 Å². The largest absolute Gasteiger partial charge is 0.378 e. The van der Waals surface area contributed by atoms with E-state index in [1.807, 2.05) is 44.1 Å². The van der Waals surface area contributed by atoms with E-state index in [2.05, 4.69) is 10.6 Å². The standard InChI is InChI=1S/C13H19N3O2/c1-4-8-14-12(17)13(18)15-10-6-5-7-11(9-10)16(2)3/h5-7,9H,4,8H2,1-3H3,(H,14,17)(H,15,18). The second-order valence-electron chi connectivity index (χ2n) is 4.15. The number of nitrogens with zero attached hydrogens (tertiary/aromatic N) is 1. The van der Waals surface area contributed by atoms with Gasteiger partial charge in [-0.2, -0.15) is 0 Å². The van der Waals surface area contributed by atoms with Crippen LogP contribution < -0.4 is 15.5 Å². The van der Waals surface area contributed by atoms with Crippen LogP contribution in [0.25, 0.3) is 0 Å². The lowest BCUT2D eigenvalue weighted by molar-refractivity contribution is -0.136. The molecule has 0 spiro atoms. The van der Waals surface area contributed by atoms with Gasteiger partial charge in [0, 0.05) is 32.0 Å². The van der Waals surface area contributed by atoms with Gasteiger partial charge in [-0.25, -0.2) is 0 Å². The molecular formula is C13H19N3O2. The van der Waals surface area contributed by atoms with E-state index in [0.717, 1.165) is 12.1 Å². The first kappa shape index (κ1) is 14.0. The molecule has 0 saturated carbocycles. The molecular weight excluding hydrogens is 230 g/mol. The van der Waals surface area contributed by atoms with E-state index in [4.69, 9.17) is 0 Å². The lowest BCUT2D eigenvalue weighted by Crippen LogP contribution is -2.35. The van der Waals surface area contributed by atoms with Crippen LogP contribution in [0.15, 0.2) is 24.3 Å². The summed E-state index contributed by atoms with van der Waals surface area (Å²) in [4.78, 5) is 24.9. The van der Waals surface area contributed by atoms with Gasteiger partial charge in [0.05, 0.1) is 0 Å². The molecule has 0 unspecified atom stereocenters. The van der Waals surface area contributed by atoms with E-state index in [1.54, 1.807) is 6.07 Å². The molecule has 2 N–H and O–H groups in total. The molecule has 0 aromatic heterocycles. The van der Waals surface area contributed by atoms with Crippen molar-refractivity contribution in [3.05, 3.63) is 24.3 Å². The smallest absolute Gasteiger partial charge is 0.313 e. The molecule has 0 aliphatic heterocycles. The van der Waals surface area contributed by atoms with E-state index in [9.17, 15) is 9.59 Å². The zero-order valence-electron chi connectivity index (χ0n) is 11.0. The number of anilines is 2. The maximum absolute atomic E-state index is 11.6. The average Bonchev–Trinajstić information content (AvgIpc) is 2.36. The molecule has 0 fully saturated rings. The molecule has 0 radical (unpaired) electrons. The summed E-state index contributed by atoms with van der Waals surface area (Å²) in [6.45, 7) is 2.43. The highest BCUT2D eigenvalue weighted by molar-refractivity contribution is 6.39. The molecule has 0 atom stereocenters. The Bertz CT molecular complexity index is 430. The van der Waals surface area contributed by atoms with Crippen LogP contribution in [0.2, 0.25) is 0 Å². The fraction of sp³-hybridized carbons (Fsp3) is 0.385. The maximum atomic E-state index is 11.6. The van der Waals surface area contributed by atoms with Crippen LogP contribution in [0.1, 0.15) is 13.3 Å². The quantitative estimate of drug-likeness (QED) is 0.789. The highest BCUT2D eigenvalue weighted by Crippen LogP contribution is 2.16. The van der Waals surface area contributed by atoms with Crippen LogP contribution in [0.5, 0.6) is 0 Å². The van der Waals surface area contributed by atoms with Crippen molar-refractivity contribution >= 4 is 23.2 Å². The summed E-state index contributed by atoms with van der Waals surface area (Å²) >= 11 is 0. The molecule has 0 aliphatic rings. The summed E-state index contributed by atoms with van der Waals surface area (Å²) in [6.07, 6.45) is 0.801. The normalized spacial score (nSPS) is 9.72. The molecule has 0 heterocycles. The Kier molecular flexibility index (Phi) is 5.17.